The maximum absolute atomic E-state index is 7.13. The molecule has 272 valence electrons. The third kappa shape index (κ3) is 5.22. The van der Waals surface area contributed by atoms with Gasteiger partial charge in [-0.2, -0.15) is 0 Å². The van der Waals surface area contributed by atoms with Gasteiger partial charge in [0.15, 0.2) is 23.8 Å². The molecule has 1 aromatic carbocycles. The molecule has 8 heterocycles. The minimum absolute atomic E-state index is 0.0368. The zero-order chi connectivity index (χ0) is 33.8. The van der Waals surface area contributed by atoms with Gasteiger partial charge in [0.25, 0.3) is 0 Å². The van der Waals surface area contributed by atoms with Crippen LogP contribution in [0.5, 0.6) is 0 Å². The van der Waals surface area contributed by atoms with Crippen molar-refractivity contribution in [2.75, 3.05) is 11.9 Å². The number of anilines is 1. The minimum Gasteiger partial charge on any atom is -0.385 e. The molecule has 10 aliphatic rings. The summed E-state index contributed by atoms with van der Waals surface area (Å²) >= 11 is 0. The van der Waals surface area contributed by atoms with E-state index in [0.29, 0.717) is 53.3 Å². The average Bonchev–Trinajstić information content (AvgIpc) is 3.46. The standard InChI is InChI=1S/C40H59NO8/c1-23-12-14-31-25(3)33(42-35-39(31)29(23)16-18-37(5,44-35)46-48-39)20-27(22-41-28-10-8-7-9-11-28)21-34-26(4)32-15-13-24(2)30-17-19-38(6)45-36(43-34)40(30,32)49-47-38/h7-11,23-27,29-36,41H,12-22H2,1-6H3/t23-,24-,25-,26-,27?,29+,30+,31+,32+,33?,34?,35-,36-,37+,38+,39-,40-/m1/s1. The van der Waals surface area contributed by atoms with Crippen molar-refractivity contribution in [1.29, 1.82) is 0 Å². The monoisotopic (exact) mass is 681 g/mol. The second-order valence-corrected chi connectivity index (χ2v) is 18.0. The Morgan fingerprint density at radius 1 is 0.633 bits per heavy atom. The van der Waals surface area contributed by atoms with Gasteiger partial charge in [0.1, 0.15) is 0 Å². The minimum atomic E-state index is -0.770. The molecule has 8 aliphatic heterocycles. The highest BCUT2D eigenvalue weighted by Gasteiger charge is 2.71. The van der Waals surface area contributed by atoms with E-state index in [9.17, 15) is 0 Å². The molecule has 10 fully saturated rings. The summed E-state index contributed by atoms with van der Waals surface area (Å²) in [5.41, 5.74) is 0.0546. The highest BCUT2D eigenvalue weighted by Crippen LogP contribution is 2.63. The summed E-state index contributed by atoms with van der Waals surface area (Å²) in [6, 6.07) is 10.6. The molecule has 2 aliphatic carbocycles. The third-order valence-electron chi connectivity index (χ3n) is 15.1. The lowest BCUT2D eigenvalue weighted by Crippen LogP contribution is -2.70. The van der Waals surface area contributed by atoms with Gasteiger partial charge in [-0.3, -0.25) is 0 Å². The fraction of sp³-hybridized carbons (Fsp3) is 0.850. The molecule has 0 radical (unpaired) electrons. The van der Waals surface area contributed by atoms with Crippen LogP contribution in [0.15, 0.2) is 30.3 Å². The molecule has 0 aromatic heterocycles. The lowest BCUT2D eigenvalue weighted by atomic mass is 9.56. The lowest BCUT2D eigenvalue weighted by molar-refractivity contribution is -0.571. The van der Waals surface area contributed by atoms with Crippen molar-refractivity contribution in [3.8, 4) is 0 Å². The number of para-hydroxylation sites is 1. The van der Waals surface area contributed by atoms with Gasteiger partial charge in [-0.15, -0.1) is 0 Å². The van der Waals surface area contributed by atoms with Crippen LogP contribution < -0.4 is 5.32 Å². The van der Waals surface area contributed by atoms with Crippen LogP contribution in [0, 0.1) is 53.3 Å². The number of rotatable bonds is 7. The predicted molar refractivity (Wildman–Crippen MR) is 181 cm³/mol. The molecule has 9 heteroatoms. The van der Waals surface area contributed by atoms with E-state index in [2.05, 4.69) is 63.3 Å². The summed E-state index contributed by atoms with van der Waals surface area (Å²) in [5, 5.41) is 3.79. The fourth-order valence-corrected chi connectivity index (χ4v) is 12.2. The molecule has 1 aromatic rings. The van der Waals surface area contributed by atoms with E-state index in [0.717, 1.165) is 63.6 Å². The van der Waals surface area contributed by atoms with E-state index in [1.54, 1.807) is 0 Å². The van der Waals surface area contributed by atoms with E-state index in [4.69, 9.17) is 38.5 Å². The van der Waals surface area contributed by atoms with E-state index < -0.39 is 35.4 Å². The van der Waals surface area contributed by atoms with Gasteiger partial charge >= 0.3 is 0 Å². The van der Waals surface area contributed by atoms with Crippen molar-refractivity contribution < 1.29 is 38.5 Å². The van der Waals surface area contributed by atoms with Gasteiger partial charge in [-0.05, 0) is 119 Å². The summed E-state index contributed by atoms with van der Waals surface area (Å²) < 4.78 is 27.7. The summed E-state index contributed by atoms with van der Waals surface area (Å²) in [7, 11) is 0. The summed E-state index contributed by atoms with van der Waals surface area (Å²) in [4.78, 5) is 25.2. The summed E-state index contributed by atoms with van der Waals surface area (Å²) in [5.74, 6) is 1.85. The first-order valence-electron chi connectivity index (χ1n) is 19.7. The van der Waals surface area contributed by atoms with Crippen molar-refractivity contribution in [2.24, 2.45) is 53.3 Å². The van der Waals surface area contributed by atoms with Crippen molar-refractivity contribution in [3.63, 3.8) is 0 Å². The molecular weight excluding hydrogens is 622 g/mol. The van der Waals surface area contributed by atoms with Crippen LogP contribution in [0.4, 0.5) is 5.69 Å². The van der Waals surface area contributed by atoms with Gasteiger partial charge in [-0.25, -0.2) is 19.6 Å². The first-order chi connectivity index (χ1) is 23.5. The van der Waals surface area contributed by atoms with Gasteiger partial charge in [-0.1, -0.05) is 45.9 Å². The fourth-order valence-electron chi connectivity index (χ4n) is 12.2. The normalized spacial score (nSPS) is 53.5. The van der Waals surface area contributed by atoms with Gasteiger partial charge in [0.05, 0.1) is 12.2 Å². The Balaban J connectivity index is 0.995. The number of benzene rings is 1. The molecule has 16 atom stereocenters. The second kappa shape index (κ2) is 12.1. The molecule has 2 unspecified atom stereocenters. The van der Waals surface area contributed by atoms with Gasteiger partial charge in [0, 0.05) is 36.9 Å². The molecule has 8 saturated heterocycles. The number of ether oxygens (including phenoxy) is 4. The number of hydrogen-bond acceptors (Lipinski definition) is 9. The summed E-state index contributed by atoms with van der Waals surface area (Å²) in [6.07, 6.45) is 9.44. The maximum Gasteiger partial charge on any atom is 0.201 e. The Bertz CT molecular complexity index is 1290. The van der Waals surface area contributed by atoms with Crippen LogP contribution in [0.25, 0.3) is 0 Å². The Morgan fingerprint density at radius 2 is 1.12 bits per heavy atom. The van der Waals surface area contributed by atoms with Crippen LogP contribution in [0.2, 0.25) is 0 Å². The Hall–Kier alpha value is -1.30. The van der Waals surface area contributed by atoms with Crippen molar-refractivity contribution in [2.45, 2.75) is 153 Å². The number of hydrogen-bond donors (Lipinski definition) is 1. The van der Waals surface area contributed by atoms with E-state index in [1.807, 2.05) is 13.8 Å². The average molecular weight is 682 g/mol. The van der Waals surface area contributed by atoms with Crippen LogP contribution in [0.3, 0.4) is 0 Å². The maximum atomic E-state index is 7.13. The van der Waals surface area contributed by atoms with Crippen LogP contribution in [0.1, 0.15) is 106 Å². The molecule has 4 bridgehead atoms. The molecule has 2 spiro atoms. The molecule has 11 rings (SSSR count). The molecule has 0 amide bonds. The van der Waals surface area contributed by atoms with E-state index in [-0.39, 0.29) is 12.2 Å². The Labute approximate surface area is 292 Å². The first kappa shape index (κ1) is 33.5. The van der Waals surface area contributed by atoms with Crippen LogP contribution in [-0.4, -0.2) is 54.1 Å². The van der Waals surface area contributed by atoms with Crippen molar-refractivity contribution in [1.82, 2.24) is 0 Å². The first-order valence-corrected chi connectivity index (χ1v) is 19.7. The molecule has 9 nitrogen and oxygen atoms in total. The third-order valence-corrected chi connectivity index (χ3v) is 15.1. The Morgan fingerprint density at radius 3 is 1.61 bits per heavy atom. The second-order valence-electron chi connectivity index (χ2n) is 18.0. The van der Waals surface area contributed by atoms with E-state index in [1.165, 1.54) is 12.8 Å². The zero-order valence-corrected chi connectivity index (χ0v) is 30.4. The smallest absolute Gasteiger partial charge is 0.201 e. The van der Waals surface area contributed by atoms with Crippen LogP contribution >= 0.6 is 0 Å². The summed E-state index contributed by atoms with van der Waals surface area (Å²) in [6.45, 7) is 14.4. The topological polar surface area (TPSA) is 85.9 Å². The molecular formula is C40H59NO8. The number of nitrogens with one attached hydrogen (secondary N) is 1. The zero-order valence-electron chi connectivity index (χ0n) is 30.4. The lowest BCUT2D eigenvalue weighted by Gasteiger charge is -2.61. The van der Waals surface area contributed by atoms with E-state index >= 15 is 0 Å². The SMILES string of the molecule is C[C@@H]1CC[C@H]2[C@@H](C)C(CC(CNc3ccccc3)CC3O[C@@H]4O[C@]5(C)CC[C@H]6[C@H](C)CC[C@@H]([C@H]3C)[C@@]46OO5)O[C@@H]3O[C@]4(C)CC[C@@H]1[C@]32OO4. The van der Waals surface area contributed by atoms with Crippen molar-refractivity contribution in [3.05, 3.63) is 30.3 Å². The largest absolute Gasteiger partial charge is 0.385 e. The van der Waals surface area contributed by atoms with Crippen LogP contribution in [-0.2, 0) is 38.5 Å². The predicted octanol–water partition coefficient (Wildman–Crippen LogP) is 8.00. The van der Waals surface area contributed by atoms with Crippen molar-refractivity contribution >= 4 is 5.69 Å². The van der Waals surface area contributed by atoms with Gasteiger partial charge < -0.3 is 24.3 Å². The molecule has 49 heavy (non-hydrogen) atoms. The number of fused-ring (bicyclic) bond motifs is 4. The Kier molecular flexibility index (Phi) is 8.29. The molecule has 1 N–H and O–H groups in total. The highest BCUT2D eigenvalue weighted by molar-refractivity contribution is 5.42. The quantitative estimate of drug-likeness (QED) is 0.288. The molecule has 2 saturated carbocycles. The van der Waals surface area contributed by atoms with Gasteiger partial charge in [0.2, 0.25) is 11.6 Å². The highest BCUT2D eigenvalue weighted by atomic mass is 17.3.